The van der Waals surface area contributed by atoms with Gasteiger partial charge in [0.15, 0.2) is 0 Å². The van der Waals surface area contributed by atoms with Crippen molar-refractivity contribution in [3.8, 4) is 0 Å². The molecule has 0 aliphatic rings. The van der Waals surface area contributed by atoms with E-state index in [9.17, 15) is 18.0 Å². The van der Waals surface area contributed by atoms with E-state index in [0.717, 1.165) is 33.0 Å². The molecule has 0 bridgehead atoms. The van der Waals surface area contributed by atoms with Crippen LogP contribution in [0.3, 0.4) is 0 Å². The van der Waals surface area contributed by atoms with Gasteiger partial charge in [-0.1, -0.05) is 73.5 Å². The molecule has 0 saturated carbocycles. The van der Waals surface area contributed by atoms with Crippen molar-refractivity contribution in [3.05, 3.63) is 95.1 Å². The van der Waals surface area contributed by atoms with Gasteiger partial charge >= 0.3 is 0 Å². The fourth-order valence-corrected chi connectivity index (χ4v) is 5.82. The second-order valence-electron chi connectivity index (χ2n) is 10.4. The van der Waals surface area contributed by atoms with Crippen molar-refractivity contribution in [1.82, 2.24) is 10.2 Å². The Kier molecular flexibility index (Phi) is 10.5. The number of nitrogens with one attached hydrogen (secondary N) is 1. The molecule has 0 unspecified atom stereocenters. The Morgan fingerprint density at radius 2 is 1.40 bits per heavy atom. The van der Waals surface area contributed by atoms with Gasteiger partial charge in [0.2, 0.25) is 11.8 Å². The van der Waals surface area contributed by atoms with E-state index in [-0.39, 0.29) is 23.4 Å². The van der Waals surface area contributed by atoms with Crippen LogP contribution < -0.4 is 9.62 Å². The van der Waals surface area contributed by atoms with Gasteiger partial charge in [0.25, 0.3) is 10.0 Å². The summed E-state index contributed by atoms with van der Waals surface area (Å²) in [5.74, 6) is -0.701. The van der Waals surface area contributed by atoms with Crippen molar-refractivity contribution in [3.63, 3.8) is 0 Å². The lowest BCUT2D eigenvalue weighted by Gasteiger charge is -2.34. The Hall–Kier alpha value is -3.65. The number of carbonyl (C=O) groups is 2. The molecule has 7 nitrogen and oxygen atoms in total. The van der Waals surface area contributed by atoms with Crippen molar-refractivity contribution in [2.45, 2.75) is 77.9 Å². The Bertz CT molecular complexity index is 1400. The zero-order valence-corrected chi connectivity index (χ0v) is 25.2. The maximum absolute atomic E-state index is 14.1. The summed E-state index contributed by atoms with van der Waals surface area (Å²) in [4.78, 5) is 29.1. The summed E-state index contributed by atoms with van der Waals surface area (Å²) in [7, 11) is -4.08. The lowest BCUT2D eigenvalue weighted by atomic mass is 10.1. The molecule has 0 aromatic heterocycles. The summed E-state index contributed by atoms with van der Waals surface area (Å²) in [6.45, 7) is 11.3. The monoisotopic (exact) mass is 563 g/mol. The Morgan fingerprint density at radius 1 is 0.825 bits per heavy atom. The van der Waals surface area contributed by atoms with E-state index < -0.39 is 28.5 Å². The van der Waals surface area contributed by atoms with Gasteiger partial charge in [0, 0.05) is 12.6 Å². The van der Waals surface area contributed by atoms with E-state index in [1.807, 2.05) is 77.9 Å². The van der Waals surface area contributed by atoms with Crippen LogP contribution in [0.1, 0.15) is 55.9 Å². The molecule has 0 heterocycles. The van der Waals surface area contributed by atoms with Crippen LogP contribution in [0.25, 0.3) is 0 Å². The molecule has 0 aliphatic carbocycles. The first-order valence-corrected chi connectivity index (χ1v) is 15.2. The average Bonchev–Trinajstić information content (AvgIpc) is 2.93. The Labute approximate surface area is 239 Å². The van der Waals surface area contributed by atoms with Crippen molar-refractivity contribution in [2.75, 3.05) is 10.8 Å². The van der Waals surface area contributed by atoms with Crippen molar-refractivity contribution in [2.24, 2.45) is 0 Å². The number of hydrogen-bond acceptors (Lipinski definition) is 4. The molecule has 3 aromatic carbocycles. The van der Waals surface area contributed by atoms with Gasteiger partial charge < -0.3 is 10.2 Å². The quantitative estimate of drug-likeness (QED) is 0.314. The fraction of sp³-hybridized carbons (Fsp3) is 0.375. The number of nitrogens with zero attached hydrogens (tertiary/aromatic N) is 2. The average molecular weight is 564 g/mol. The summed E-state index contributed by atoms with van der Waals surface area (Å²) in [6.07, 6.45) is 1.14. The molecule has 0 aliphatic heterocycles. The number of rotatable bonds is 12. The van der Waals surface area contributed by atoms with Gasteiger partial charge in [-0.2, -0.15) is 0 Å². The highest BCUT2D eigenvalue weighted by Gasteiger charge is 2.34. The molecule has 3 rings (SSSR count). The molecule has 0 fully saturated rings. The molecular formula is C32H41N3O4S. The number of anilines is 1. The minimum Gasteiger partial charge on any atom is -0.352 e. The van der Waals surface area contributed by atoms with Crippen molar-refractivity contribution >= 4 is 27.5 Å². The normalized spacial score (nSPS) is 12.8. The van der Waals surface area contributed by atoms with E-state index in [1.54, 1.807) is 36.4 Å². The first-order chi connectivity index (χ1) is 19.0. The van der Waals surface area contributed by atoms with E-state index in [2.05, 4.69) is 5.32 Å². The number of aryl methyl sites for hydroxylation is 3. The van der Waals surface area contributed by atoms with Crippen LogP contribution in [0.5, 0.6) is 0 Å². The number of sulfonamides is 1. The molecule has 0 saturated heterocycles. The third-order valence-corrected chi connectivity index (χ3v) is 8.99. The molecule has 40 heavy (non-hydrogen) atoms. The largest absolute Gasteiger partial charge is 0.352 e. The van der Waals surface area contributed by atoms with Crippen molar-refractivity contribution in [1.29, 1.82) is 0 Å². The second kappa shape index (κ2) is 13.6. The van der Waals surface area contributed by atoms with Crippen LogP contribution in [-0.2, 0) is 26.2 Å². The third-order valence-electron chi connectivity index (χ3n) is 7.20. The summed E-state index contributed by atoms with van der Waals surface area (Å²) in [5, 5.41) is 3.00. The second-order valence-corrected chi connectivity index (χ2v) is 12.2. The molecule has 2 atom stereocenters. The predicted octanol–water partition coefficient (Wildman–Crippen LogP) is 5.53. The van der Waals surface area contributed by atoms with Crippen molar-refractivity contribution < 1.29 is 18.0 Å². The first-order valence-electron chi connectivity index (χ1n) is 13.8. The number of benzene rings is 3. The fourth-order valence-electron chi connectivity index (χ4n) is 4.41. The van der Waals surface area contributed by atoms with Crippen LogP contribution in [0.15, 0.2) is 77.7 Å². The lowest BCUT2D eigenvalue weighted by molar-refractivity contribution is -0.140. The zero-order chi connectivity index (χ0) is 29.4. The lowest BCUT2D eigenvalue weighted by Crippen LogP contribution is -2.53. The van der Waals surface area contributed by atoms with E-state index in [4.69, 9.17) is 0 Å². The van der Waals surface area contributed by atoms with Gasteiger partial charge in [0.1, 0.15) is 12.6 Å². The first kappa shape index (κ1) is 30.9. The molecule has 0 radical (unpaired) electrons. The zero-order valence-electron chi connectivity index (χ0n) is 24.3. The van der Waals surface area contributed by atoms with Gasteiger partial charge in [-0.15, -0.1) is 0 Å². The van der Waals surface area contributed by atoms with Gasteiger partial charge in [-0.25, -0.2) is 8.42 Å². The van der Waals surface area contributed by atoms with Crippen LogP contribution >= 0.6 is 0 Å². The topological polar surface area (TPSA) is 86.8 Å². The number of carbonyl (C=O) groups excluding carboxylic acids is 2. The molecular weight excluding hydrogens is 522 g/mol. The van der Waals surface area contributed by atoms with Crippen LogP contribution in [0.4, 0.5) is 5.69 Å². The molecule has 8 heteroatoms. The smallest absolute Gasteiger partial charge is 0.264 e. The summed E-state index contributed by atoms with van der Waals surface area (Å²) in [5.41, 5.74) is 4.16. The number of hydrogen-bond donors (Lipinski definition) is 1. The van der Waals surface area contributed by atoms with Crippen LogP contribution in [0.2, 0.25) is 0 Å². The molecule has 214 valence electrons. The molecule has 3 aromatic rings. The Morgan fingerprint density at radius 3 is 1.95 bits per heavy atom. The van der Waals surface area contributed by atoms with Crippen LogP contribution in [-0.4, -0.2) is 43.8 Å². The highest BCUT2D eigenvalue weighted by molar-refractivity contribution is 7.92. The number of amides is 2. The van der Waals surface area contributed by atoms with E-state index >= 15 is 0 Å². The van der Waals surface area contributed by atoms with Gasteiger partial charge in [0.05, 0.1) is 10.6 Å². The van der Waals surface area contributed by atoms with Gasteiger partial charge in [-0.05, 0) is 75.9 Å². The minimum absolute atomic E-state index is 0.0528. The summed E-state index contributed by atoms with van der Waals surface area (Å²) < 4.78 is 29.0. The Balaban J connectivity index is 2.06. The summed E-state index contributed by atoms with van der Waals surface area (Å²) in [6, 6.07) is 20.5. The summed E-state index contributed by atoms with van der Waals surface area (Å²) >= 11 is 0. The maximum Gasteiger partial charge on any atom is 0.264 e. The SMILES string of the molecule is CC[C@H](C(=O)N[C@@H](C)CC)N(Cc1ccccc1C)C(=O)CN(c1ccc(C)cc1)S(=O)(=O)c1ccc(C)cc1. The van der Waals surface area contributed by atoms with E-state index in [0.29, 0.717) is 12.1 Å². The predicted molar refractivity (Wildman–Crippen MR) is 161 cm³/mol. The highest BCUT2D eigenvalue weighted by atomic mass is 32.2. The maximum atomic E-state index is 14.1. The standard InChI is InChI=1S/C32H41N3O4S/c1-7-26(6)33-32(37)30(8-2)34(21-27-12-10-9-11-25(27)5)31(36)22-35(28-17-13-23(3)14-18-28)40(38,39)29-19-15-24(4)16-20-29/h9-20,26,30H,7-8,21-22H2,1-6H3,(H,33,37)/t26-,30+/m0/s1. The molecule has 0 spiro atoms. The van der Waals surface area contributed by atoms with E-state index in [1.165, 1.54) is 4.90 Å². The van der Waals surface area contributed by atoms with Gasteiger partial charge in [-0.3, -0.25) is 13.9 Å². The highest BCUT2D eigenvalue weighted by Crippen LogP contribution is 2.26. The molecule has 1 N–H and O–H groups in total. The third kappa shape index (κ3) is 7.50. The van der Waals surface area contributed by atoms with Crippen LogP contribution in [0, 0.1) is 20.8 Å². The minimum atomic E-state index is -4.08. The molecule has 2 amide bonds.